The highest BCUT2D eigenvalue weighted by Gasteiger charge is 2.20. The average molecular weight is 223 g/mol. The van der Waals surface area contributed by atoms with Gasteiger partial charge in [-0.2, -0.15) is 5.90 Å². The van der Waals surface area contributed by atoms with Crippen molar-refractivity contribution in [3.63, 3.8) is 0 Å². The van der Waals surface area contributed by atoms with E-state index in [2.05, 4.69) is 4.84 Å². The molecule has 0 radical (unpaired) electrons. The summed E-state index contributed by atoms with van der Waals surface area (Å²) < 4.78 is 13.1. The molecule has 0 aliphatic heterocycles. The van der Waals surface area contributed by atoms with Crippen molar-refractivity contribution in [2.24, 2.45) is 5.90 Å². The molecule has 1 rings (SSSR count). The Kier molecular flexibility index (Phi) is 4.26. The smallest absolute Gasteiger partial charge is 0.316 e. The van der Waals surface area contributed by atoms with Crippen molar-refractivity contribution in [3.05, 3.63) is 33.6 Å². The third-order valence-electron chi connectivity index (χ3n) is 1.58. The highest BCUT2D eigenvalue weighted by atomic mass is 35.5. The van der Waals surface area contributed by atoms with Gasteiger partial charge >= 0.3 is 5.69 Å². The number of nitrogens with zero attached hydrogens (tertiary/aromatic N) is 1. The third-order valence-corrected chi connectivity index (χ3v) is 1.58. The number of benzene rings is 1. The minimum absolute atomic E-state index is 0. The van der Waals surface area contributed by atoms with Crippen LogP contribution in [0.2, 0.25) is 0 Å². The summed E-state index contributed by atoms with van der Waals surface area (Å²) in [4.78, 5) is 13.7. The molecule has 78 valence electrons. The number of nitro benzene ring substituents is 1. The quantitative estimate of drug-likeness (QED) is 0.610. The van der Waals surface area contributed by atoms with Crippen LogP contribution in [0.1, 0.15) is 5.56 Å². The summed E-state index contributed by atoms with van der Waals surface area (Å²) in [6.07, 6.45) is 0. The molecule has 1 aromatic rings. The van der Waals surface area contributed by atoms with E-state index in [0.29, 0.717) is 0 Å². The number of rotatable bonds is 2. The van der Waals surface area contributed by atoms with E-state index in [0.717, 1.165) is 6.07 Å². The van der Waals surface area contributed by atoms with Crippen LogP contribution in [0.25, 0.3) is 0 Å². The molecule has 7 heteroatoms. The fraction of sp³-hybridized carbons (Fsp3) is 0.143. The molecular formula is C7H8ClFN2O3. The molecule has 2 N–H and O–H groups in total. The van der Waals surface area contributed by atoms with Gasteiger partial charge in [0.05, 0.1) is 4.92 Å². The van der Waals surface area contributed by atoms with Gasteiger partial charge in [-0.15, -0.1) is 12.4 Å². The fourth-order valence-electron chi connectivity index (χ4n) is 0.900. The van der Waals surface area contributed by atoms with Gasteiger partial charge in [0.1, 0.15) is 0 Å². The summed E-state index contributed by atoms with van der Waals surface area (Å²) in [6.45, 7) is 1.46. The van der Waals surface area contributed by atoms with Crippen LogP contribution in [-0.4, -0.2) is 4.92 Å². The SMILES string of the molecule is Cc1ccc([N+](=O)[O-])c(ON)c1F.Cl. The van der Waals surface area contributed by atoms with Crippen molar-refractivity contribution in [2.45, 2.75) is 6.92 Å². The molecule has 0 heterocycles. The van der Waals surface area contributed by atoms with Crippen molar-refractivity contribution in [1.29, 1.82) is 0 Å². The second-order valence-corrected chi connectivity index (χ2v) is 2.42. The van der Waals surface area contributed by atoms with E-state index in [1.165, 1.54) is 13.0 Å². The highest BCUT2D eigenvalue weighted by Crippen LogP contribution is 2.30. The predicted octanol–water partition coefficient (Wildman–Crippen LogP) is 1.72. The van der Waals surface area contributed by atoms with Crippen LogP contribution in [0, 0.1) is 22.9 Å². The molecule has 0 fully saturated rings. The lowest BCUT2D eigenvalue weighted by Crippen LogP contribution is -2.07. The Morgan fingerprint density at radius 1 is 1.57 bits per heavy atom. The highest BCUT2D eigenvalue weighted by molar-refractivity contribution is 5.85. The Bertz CT molecular complexity index is 359. The molecule has 0 aliphatic rings. The molecule has 0 saturated carbocycles. The zero-order valence-corrected chi connectivity index (χ0v) is 8.01. The van der Waals surface area contributed by atoms with Gasteiger partial charge in [0.15, 0.2) is 5.82 Å². The van der Waals surface area contributed by atoms with E-state index < -0.39 is 22.2 Å². The van der Waals surface area contributed by atoms with Crippen molar-refractivity contribution < 1.29 is 14.2 Å². The number of hydrogen-bond acceptors (Lipinski definition) is 4. The van der Waals surface area contributed by atoms with Crippen LogP contribution in [-0.2, 0) is 0 Å². The molecule has 0 aliphatic carbocycles. The van der Waals surface area contributed by atoms with Gasteiger partial charge in [0.25, 0.3) is 5.75 Å². The normalized spacial score (nSPS) is 9.07. The molecule has 0 atom stereocenters. The van der Waals surface area contributed by atoms with Gasteiger partial charge in [-0.1, -0.05) is 0 Å². The Morgan fingerprint density at radius 3 is 2.57 bits per heavy atom. The average Bonchev–Trinajstić information content (AvgIpc) is 2.09. The molecule has 14 heavy (non-hydrogen) atoms. The van der Waals surface area contributed by atoms with Gasteiger partial charge in [-0.3, -0.25) is 10.1 Å². The molecule has 0 saturated heterocycles. The van der Waals surface area contributed by atoms with E-state index in [-0.39, 0.29) is 18.0 Å². The van der Waals surface area contributed by atoms with Crippen LogP contribution in [0.4, 0.5) is 10.1 Å². The molecule has 0 unspecified atom stereocenters. The second kappa shape index (κ2) is 4.73. The Morgan fingerprint density at radius 2 is 2.14 bits per heavy atom. The topological polar surface area (TPSA) is 78.4 Å². The first-order chi connectivity index (χ1) is 6.07. The molecule has 0 aromatic heterocycles. The predicted molar refractivity (Wildman–Crippen MR) is 49.9 cm³/mol. The summed E-state index contributed by atoms with van der Waals surface area (Å²) in [6, 6.07) is 2.43. The lowest BCUT2D eigenvalue weighted by atomic mass is 10.2. The first kappa shape index (κ1) is 12.6. The number of nitrogens with two attached hydrogens (primary N) is 1. The Hall–Kier alpha value is -1.40. The first-order valence-electron chi connectivity index (χ1n) is 3.38. The van der Waals surface area contributed by atoms with Gasteiger partial charge in [0, 0.05) is 6.07 Å². The molecule has 0 spiro atoms. The summed E-state index contributed by atoms with van der Waals surface area (Å²) in [5, 5.41) is 10.3. The van der Waals surface area contributed by atoms with Gasteiger partial charge in [-0.05, 0) is 18.6 Å². The van der Waals surface area contributed by atoms with Gasteiger partial charge < -0.3 is 4.84 Å². The zero-order chi connectivity index (χ0) is 10.0. The second-order valence-electron chi connectivity index (χ2n) is 2.42. The molecular weight excluding hydrogens is 215 g/mol. The van der Waals surface area contributed by atoms with Crippen LogP contribution >= 0.6 is 12.4 Å². The van der Waals surface area contributed by atoms with Crippen LogP contribution < -0.4 is 10.7 Å². The van der Waals surface area contributed by atoms with E-state index in [1.54, 1.807) is 0 Å². The Balaban J connectivity index is 0.00000169. The fourth-order valence-corrected chi connectivity index (χ4v) is 0.900. The van der Waals surface area contributed by atoms with Crippen molar-refractivity contribution in [1.82, 2.24) is 0 Å². The van der Waals surface area contributed by atoms with E-state index in [1.807, 2.05) is 0 Å². The van der Waals surface area contributed by atoms with E-state index in [4.69, 9.17) is 5.90 Å². The van der Waals surface area contributed by atoms with Crippen LogP contribution in [0.3, 0.4) is 0 Å². The van der Waals surface area contributed by atoms with E-state index in [9.17, 15) is 14.5 Å². The number of hydrogen-bond donors (Lipinski definition) is 1. The minimum atomic E-state index is -0.809. The van der Waals surface area contributed by atoms with Crippen LogP contribution in [0.5, 0.6) is 5.75 Å². The van der Waals surface area contributed by atoms with Crippen molar-refractivity contribution in [2.75, 3.05) is 0 Å². The lowest BCUT2D eigenvalue weighted by molar-refractivity contribution is -0.386. The van der Waals surface area contributed by atoms with Gasteiger partial charge in [0.2, 0.25) is 0 Å². The van der Waals surface area contributed by atoms with E-state index >= 15 is 0 Å². The standard InChI is InChI=1S/C7H7FN2O3.ClH/c1-4-2-3-5(10(11)12)7(13-9)6(4)8;/h2-3H,9H2,1H3;1H. The molecule has 0 bridgehead atoms. The number of aryl methyl sites for hydroxylation is 1. The minimum Gasteiger partial charge on any atom is -0.401 e. The summed E-state index contributed by atoms with van der Waals surface area (Å²) in [5.74, 6) is 3.37. The number of halogens is 2. The van der Waals surface area contributed by atoms with Crippen LogP contribution in [0.15, 0.2) is 12.1 Å². The first-order valence-corrected chi connectivity index (χ1v) is 3.38. The van der Waals surface area contributed by atoms with Crippen molar-refractivity contribution in [3.8, 4) is 5.75 Å². The largest absolute Gasteiger partial charge is 0.401 e. The summed E-state index contributed by atoms with van der Waals surface area (Å²) in [5.41, 5.74) is -0.239. The lowest BCUT2D eigenvalue weighted by Gasteiger charge is -2.03. The third kappa shape index (κ3) is 2.09. The molecule has 5 nitrogen and oxygen atoms in total. The number of nitro groups is 1. The zero-order valence-electron chi connectivity index (χ0n) is 7.19. The maximum Gasteiger partial charge on any atom is 0.316 e. The molecule has 1 aromatic carbocycles. The maximum absolute atomic E-state index is 13.1. The van der Waals surface area contributed by atoms with Crippen molar-refractivity contribution >= 4 is 18.1 Å². The molecule has 0 amide bonds. The van der Waals surface area contributed by atoms with Gasteiger partial charge in [-0.25, -0.2) is 4.39 Å². The summed E-state index contributed by atoms with van der Waals surface area (Å²) in [7, 11) is 0. The maximum atomic E-state index is 13.1. The summed E-state index contributed by atoms with van der Waals surface area (Å²) >= 11 is 0. The monoisotopic (exact) mass is 222 g/mol. The Labute approximate surface area is 85.2 Å².